The Labute approximate surface area is 143 Å². The van der Waals surface area contributed by atoms with E-state index in [1.54, 1.807) is 0 Å². The highest BCUT2D eigenvalue weighted by molar-refractivity contribution is 5.94. The van der Waals surface area contributed by atoms with Crippen LogP contribution in [-0.4, -0.2) is 55.9 Å². The monoisotopic (exact) mass is 333 g/mol. The van der Waals surface area contributed by atoms with Crippen LogP contribution in [0.5, 0.6) is 0 Å². The van der Waals surface area contributed by atoms with Crippen molar-refractivity contribution in [2.24, 2.45) is 5.73 Å². The maximum Gasteiger partial charge on any atom is 0.253 e. The second kappa shape index (κ2) is 8.07. The third-order valence-electron chi connectivity index (χ3n) is 4.89. The van der Waals surface area contributed by atoms with E-state index in [1.165, 1.54) is 5.56 Å². The zero-order chi connectivity index (χ0) is 16.9. The van der Waals surface area contributed by atoms with Gasteiger partial charge in [0.1, 0.15) is 6.10 Å². The lowest BCUT2D eigenvalue weighted by atomic mass is 10.1. The van der Waals surface area contributed by atoms with Crippen LogP contribution in [0, 0.1) is 0 Å². The molecule has 3 rings (SSSR count). The largest absolute Gasteiger partial charge is 0.379 e. The predicted octanol–water partition coefficient (Wildman–Crippen LogP) is 1.52. The second-order valence-electron chi connectivity index (χ2n) is 6.50. The standard InChI is InChI=1S/C18H27N3O3/c1-13(21-7-9-23-10-8-21)14-3-2-4-15(11-14)20-18(22)17-6-5-16(12-19)24-17/h2-4,11,13,16-17H,5-10,12,19H2,1H3,(H,20,22)/t13?,16-,17+/m1/s1. The number of anilines is 1. The molecule has 0 aromatic heterocycles. The Hall–Kier alpha value is -1.47. The van der Waals surface area contributed by atoms with E-state index in [0.29, 0.717) is 12.6 Å². The smallest absolute Gasteiger partial charge is 0.253 e. The van der Waals surface area contributed by atoms with Crippen LogP contribution in [0.15, 0.2) is 24.3 Å². The quantitative estimate of drug-likeness (QED) is 0.854. The SMILES string of the molecule is CC(c1cccc(NC(=O)[C@@H]2CC[C@H](CN)O2)c1)N1CCOCC1. The fraction of sp³-hybridized carbons (Fsp3) is 0.611. The summed E-state index contributed by atoms with van der Waals surface area (Å²) in [5.41, 5.74) is 7.62. The molecule has 2 heterocycles. The van der Waals surface area contributed by atoms with Gasteiger partial charge in [0.2, 0.25) is 0 Å². The zero-order valence-electron chi connectivity index (χ0n) is 14.2. The lowest BCUT2D eigenvalue weighted by Crippen LogP contribution is -2.38. The van der Waals surface area contributed by atoms with Crippen molar-refractivity contribution in [3.8, 4) is 0 Å². The average Bonchev–Trinajstić information content (AvgIpc) is 3.11. The number of carbonyl (C=O) groups excluding carboxylic acids is 1. The molecular formula is C18H27N3O3. The molecule has 0 bridgehead atoms. The Morgan fingerprint density at radius 2 is 2.17 bits per heavy atom. The molecule has 3 atom stereocenters. The number of nitrogens with two attached hydrogens (primary N) is 1. The molecule has 6 nitrogen and oxygen atoms in total. The van der Waals surface area contributed by atoms with E-state index in [-0.39, 0.29) is 18.1 Å². The van der Waals surface area contributed by atoms with Crippen molar-refractivity contribution in [1.82, 2.24) is 4.90 Å². The van der Waals surface area contributed by atoms with E-state index in [4.69, 9.17) is 15.2 Å². The van der Waals surface area contributed by atoms with Gasteiger partial charge in [-0.2, -0.15) is 0 Å². The fourth-order valence-corrected chi connectivity index (χ4v) is 3.35. The number of amides is 1. The first-order chi connectivity index (χ1) is 11.7. The van der Waals surface area contributed by atoms with Crippen LogP contribution in [0.3, 0.4) is 0 Å². The molecule has 24 heavy (non-hydrogen) atoms. The van der Waals surface area contributed by atoms with Crippen molar-refractivity contribution in [1.29, 1.82) is 0 Å². The van der Waals surface area contributed by atoms with Gasteiger partial charge >= 0.3 is 0 Å². The van der Waals surface area contributed by atoms with Crippen molar-refractivity contribution in [3.05, 3.63) is 29.8 Å². The summed E-state index contributed by atoms with van der Waals surface area (Å²) in [5, 5.41) is 2.98. The molecule has 6 heteroatoms. The van der Waals surface area contributed by atoms with Crippen LogP contribution < -0.4 is 11.1 Å². The summed E-state index contributed by atoms with van der Waals surface area (Å²) in [6, 6.07) is 8.36. The van der Waals surface area contributed by atoms with Crippen LogP contribution in [0.1, 0.15) is 31.4 Å². The van der Waals surface area contributed by atoms with Gasteiger partial charge in [0, 0.05) is 31.4 Å². The summed E-state index contributed by atoms with van der Waals surface area (Å²) in [6.45, 7) is 6.10. The summed E-state index contributed by atoms with van der Waals surface area (Å²) in [6.07, 6.45) is 1.20. The lowest BCUT2D eigenvalue weighted by molar-refractivity contribution is -0.126. The second-order valence-corrected chi connectivity index (χ2v) is 6.50. The molecule has 0 radical (unpaired) electrons. The van der Waals surface area contributed by atoms with Crippen molar-refractivity contribution in [2.75, 3.05) is 38.2 Å². The molecule has 132 valence electrons. The highest BCUT2D eigenvalue weighted by Gasteiger charge is 2.30. The highest BCUT2D eigenvalue weighted by Crippen LogP contribution is 2.25. The molecule has 0 spiro atoms. The Morgan fingerprint density at radius 1 is 1.38 bits per heavy atom. The molecule has 2 aliphatic rings. The van der Waals surface area contributed by atoms with Crippen LogP contribution in [0.25, 0.3) is 0 Å². The van der Waals surface area contributed by atoms with Crippen molar-refractivity contribution < 1.29 is 14.3 Å². The molecule has 0 saturated carbocycles. The van der Waals surface area contributed by atoms with E-state index in [2.05, 4.69) is 23.2 Å². The van der Waals surface area contributed by atoms with Gasteiger partial charge in [-0.1, -0.05) is 12.1 Å². The summed E-state index contributed by atoms with van der Waals surface area (Å²) in [4.78, 5) is 14.8. The minimum Gasteiger partial charge on any atom is -0.379 e. The van der Waals surface area contributed by atoms with Crippen LogP contribution in [0.4, 0.5) is 5.69 Å². The maximum absolute atomic E-state index is 12.4. The van der Waals surface area contributed by atoms with Gasteiger partial charge in [-0.05, 0) is 37.5 Å². The van der Waals surface area contributed by atoms with Crippen LogP contribution in [-0.2, 0) is 14.3 Å². The Morgan fingerprint density at radius 3 is 2.88 bits per heavy atom. The van der Waals surface area contributed by atoms with Crippen molar-refractivity contribution >= 4 is 11.6 Å². The molecule has 1 aromatic rings. The summed E-state index contributed by atoms with van der Waals surface area (Å²) >= 11 is 0. The number of morpholine rings is 1. The molecule has 1 unspecified atom stereocenters. The molecule has 2 saturated heterocycles. The van der Waals surface area contributed by atoms with Gasteiger partial charge in [-0.25, -0.2) is 0 Å². The van der Waals surface area contributed by atoms with Gasteiger partial charge in [0.15, 0.2) is 0 Å². The van der Waals surface area contributed by atoms with E-state index < -0.39 is 0 Å². The average molecular weight is 333 g/mol. The molecule has 0 aliphatic carbocycles. The highest BCUT2D eigenvalue weighted by atomic mass is 16.5. The number of benzene rings is 1. The normalized spacial score (nSPS) is 26.2. The predicted molar refractivity (Wildman–Crippen MR) is 92.8 cm³/mol. The summed E-state index contributed by atoms with van der Waals surface area (Å²) < 4.78 is 11.1. The minimum atomic E-state index is -0.390. The topological polar surface area (TPSA) is 76.8 Å². The number of carbonyl (C=O) groups is 1. The number of nitrogens with one attached hydrogen (secondary N) is 1. The first kappa shape index (κ1) is 17.4. The molecule has 1 aromatic carbocycles. The zero-order valence-corrected chi connectivity index (χ0v) is 14.2. The minimum absolute atomic E-state index is 0.00780. The number of hydrogen-bond acceptors (Lipinski definition) is 5. The molecule has 2 aliphatic heterocycles. The Balaban J connectivity index is 1.61. The van der Waals surface area contributed by atoms with Gasteiger partial charge in [-0.3, -0.25) is 9.69 Å². The molecular weight excluding hydrogens is 306 g/mol. The van der Waals surface area contributed by atoms with Gasteiger partial charge < -0.3 is 20.5 Å². The van der Waals surface area contributed by atoms with E-state index in [1.807, 2.05) is 18.2 Å². The molecule has 3 N–H and O–H groups in total. The molecule has 1 amide bonds. The van der Waals surface area contributed by atoms with E-state index in [0.717, 1.165) is 44.8 Å². The lowest BCUT2D eigenvalue weighted by Gasteiger charge is -2.32. The van der Waals surface area contributed by atoms with E-state index >= 15 is 0 Å². The van der Waals surface area contributed by atoms with Gasteiger partial charge in [0.25, 0.3) is 5.91 Å². The third kappa shape index (κ3) is 4.13. The maximum atomic E-state index is 12.4. The van der Waals surface area contributed by atoms with E-state index in [9.17, 15) is 4.79 Å². The number of rotatable bonds is 5. The number of nitrogens with zero attached hydrogens (tertiary/aromatic N) is 1. The fourth-order valence-electron chi connectivity index (χ4n) is 3.35. The first-order valence-electron chi connectivity index (χ1n) is 8.75. The Kier molecular flexibility index (Phi) is 5.84. The Bertz CT molecular complexity index is 560. The van der Waals surface area contributed by atoms with Crippen molar-refractivity contribution in [3.63, 3.8) is 0 Å². The number of hydrogen-bond donors (Lipinski definition) is 2. The van der Waals surface area contributed by atoms with Gasteiger partial charge in [0.05, 0.1) is 19.3 Å². The first-order valence-corrected chi connectivity index (χ1v) is 8.75. The van der Waals surface area contributed by atoms with Crippen LogP contribution in [0.2, 0.25) is 0 Å². The summed E-state index contributed by atoms with van der Waals surface area (Å²) in [5.74, 6) is -0.0814. The number of ether oxygens (including phenoxy) is 2. The van der Waals surface area contributed by atoms with Gasteiger partial charge in [-0.15, -0.1) is 0 Å². The van der Waals surface area contributed by atoms with Crippen LogP contribution >= 0.6 is 0 Å². The third-order valence-corrected chi connectivity index (χ3v) is 4.89. The summed E-state index contributed by atoms with van der Waals surface area (Å²) in [7, 11) is 0. The van der Waals surface area contributed by atoms with Crippen molar-refractivity contribution in [2.45, 2.75) is 38.0 Å². The molecule has 2 fully saturated rings.